The average Bonchev–Trinajstić information content (AvgIpc) is 3.79. The molecule has 1 amide bonds. The second-order valence-electron chi connectivity index (χ2n) is 11.5. The fourth-order valence-corrected chi connectivity index (χ4v) is 6.07. The van der Waals surface area contributed by atoms with Crippen molar-refractivity contribution < 1.29 is 14.3 Å². The number of aryl methyl sites for hydroxylation is 1. The number of amides is 1. The lowest BCUT2D eigenvalue weighted by Crippen LogP contribution is -2.54. The molecule has 11 heteroatoms. The van der Waals surface area contributed by atoms with Crippen molar-refractivity contribution in [3.63, 3.8) is 0 Å². The zero-order valence-electron chi connectivity index (χ0n) is 23.9. The maximum absolute atomic E-state index is 15.3. The molecule has 1 aliphatic heterocycles. The molecular weight excluding hydrogens is 559 g/mol. The van der Waals surface area contributed by atoms with Crippen molar-refractivity contribution >= 4 is 34.5 Å². The highest BCUT2D eigenvalue weighted by Crippen LogP contribution is 2.46. The number of hydrogen-bond donors (Lipinski definition) is 1. The van der Waals surface area contributed by atoms with Gasteiger partial charge in [-0.15, -0.1) is 0 Å². The number of nitrogens with zero attached hydrogens (tertiary/aromatic N) is 6. The Kier molecular flexibility index (Phi) is 7.12. The Morgan fingerprint density at radius 2 is 1.90 bits per heavy atom. The molecule has 2 aliphatic rings. The number of halogens is 2. The second-order valence-corrected chi connectivity index (χ2v) is 12.0. The summed E-state index contributed by atoms with van der Waals surface area (Å²) < 4.78 is 16.8. The van der Waals surface area contributed by atoms with E-state index in [1.54, 1.807) is 12.3 Å². The fraction of sp³-hybridized carbons (Fsp3) is 0.387. The normalized spacial score (nSPS) is 17.4. The van der Waals surface area contributed by atoms with Crippen molar-refractivity contribution in [3.05, 3.63) is 74.7 Å². The van der Waals surface area contributed by atoms with Crippen LogP contribution in [0.3, 0.4) is 0 Å². The monoisotopic (exact) mass is 590 g/mol. The number of fused-ring (bicyclic) bond motifs is 1. The summed E-state index contributed by atoms with van der Waals surface area (Å²) in [5.41, 5.74) is 3.57. The van der Waals surface area contributed by atoms with Gasteiger partial charge in [-0.2, -0.15) is 4.98 Å². The Morgan fingerprint density at radius 3 is 2.57 bits per heavy atom. The predicted molar refractivity (Wildman–Crippen MR) is 161 cm³/mol. The number of piperazine rings is 1. The minimum atomic E-state index is -0.978. The van der Waals surface area contributed by atoms with E-state index in [1.807, 2.05) is 44.7 Å². The summed E-state index contributed by atoms with van der Waals surface area (Å²) in [5, 5.41) is 10.6. The lowest BCUT2D eigenvalue weighted by atomic mass is 9.99. The first-order valence-corrected chi connectivity index (χ1v) is 14.6. The van der Waals surface area contributed by atoms with Crippen LogP contribution < -0.4 is 10.6 Å². The van der Waals surface area contributed by atoms with Crippen LogP contribution in [-0.4, -0.2) is 61.3 Å². The van der Waals surface area contributed by atoms with Gasteiger partial charge in [-0.25, -0.2) is 23.5 Å². The lowest BCUT2D eigenvalue weighted by Gasteiger charge is -2.39. The molecule has 4 heterocycles. The van der Waals surface area contributed by atoms with Crippen molar-refractivity contribution in [3.8, 4) is 16.9 Å². The summed E-state index contributed by atoms with van der Waals surface area (Å²) in [7, 11) is 0. The average molecular weight is 591 g/mol. The SMILES string of the molecule is Cc1ccnc(C(C)C)c1-n1c(=O)nc(N2CCN(C(=O)O)CC2C)c2cc(C3CC3)c(-c3cc(Cl)ccc3F)nc21. The van der Waals surface area contributed by atoms with Gasteiger partial charge >= 0.3 is 11.8 Å². The fourth-order valence-electron chi connectivity index (χ4n) is 5.90. The molecule has 0 bridgehead atoms. The van der Waals surface area contributed by atoms with Crippen LogP contribution in [0, 0.1) is 12.7 Å². The van der Waals surface area contributed by atoms with Crippen LogP contribution in [0.5, 0.6) is 0 Å². The van der Waals surface area contributed by atoms with E-state index < -0.39 is 17.6 Å². The van der Waals surface area contributed by atoms with E-state index in [0.29, 0.717) is 39.8 Å². The van der Waals surface area contributed by atoms with Gasteiger partial charge in [-0.3, -0.25) is 4.98 Å². The maximum atomic E-state index is 15.3. The minimum absolute atomic E-state index is 0.00114. The molecular formula is C31H32ClFN6O3. The zero-order chi connectivity index (χ0) is 29.9. The van der Waals surface area contributed by atoms with E-state index in [-0.39, 0.29) is 36.5 Å². The smallest absolute Gasteiger partial charge is 0.407 e. The molecule has 218 valence electrons. The van der Waals surface area contributed by atoms with E-state index >= 15 is 4.39 Å². The van der Waals surface area contributed by atoms with Crippen LogP contribution in [0.15, 0.2) is 41.3 Å². The van der Waals surface area contributed by atoms with Crippen LogP contribution in [-0.2, 0) is 0 Å². The number of aromatic nitrogens is 4. The number of carboxylic acid groups (broad SMARTS) is 1. The van der Waals surface area contributed by atoms with Gasteiger partial charge < -0.3 is 14.9 Å². The molecule has 1 aromatic carbocycles. The van der Waals surface area contributed by atoms with Gasteiger partial charge in [0.1, 0.15) is 11.6 Å². The van der Waals surface area contributed by atoms with Gasteiger partial charge in [0.25, 0.3) is 0 Å². The first kappa shape index (κ1) is 28.1. The van der Waals surface area contributed by atoms with Crippen LogP contribution in [0.25, 0.3) is 28.0 Å². The van der Waals surface area contributed by atoms with Crippen LogP contribution in [0.2, 0.25) is 5.02 Å². The van der Waals surface area contributed by atoms with Crippen molar-refractivity contribution in [1.82, 2.24) is 24.4 Å². The molecule has 0 radical (unpaired) electrons. The summed E-state index contributed by atoms with van der Waals surface area (Å²) in [6.07, 6.45) is 2.63. The van der Waals surface area contributed by atoms with E-state index in [1.165, 1.54) is 21.6 Å². The van der Waals surface area contributed by atoms with Gasteiger partial charge in [0.15, 0.2) is 5.65 Å². The number of carbonyl (C=O) groups is 1. The Balaban J connectivity index is 1.69. The highest BCUT2D eigenvalue weighted by atomic mass is 35.5. The standard InChI is InChI=1S/C31H32ClFN6O3/c1-16(2)25-27(17(3)9-10-34-25)39-29-23(28(36-30(39)40)38-12-11-37(31(41)42)15-18(38)4)14-21(19-5-6-19)26(35-29)22-13-20(32)7-8-24(22)33/h7-10,13-14,16,18-19H,5-6,11-12,15H2,1-4H3,(H,41,42). The number of rotatable bonds is 5. The summed E-state index contributed by atoms with van der Waals surface area (Å²) >= 11 is 6.32. The molecule has 6 rings (SSSR count). The van der Waals surface area contributed by atoms with Gasteiger partial charge in [0.05, 0.1) is 22.5 Å². The molecule has 1 saturated carbocycles. The van der Waals surface area contributed by atoms with Crippen molar-refractivity contribution in [2.75, 3.05) is 24.5 Å². The first-order valence-electron chi connectivity index (χ1n) is 14.2. The zero-order valence-corrected chi connectivity index (χ0v) is 24.7. The number of benzene rings is 1. The number of pyridine rings is 2. The lowest BCUT2D eigenvalue weighted by molar-refractivity contribution is 0.136. The highest BCUT2D eigenvalue weighted by Gasteiger charge is 2.33. The molecule has 1 unspecified atom stereocenters. The van der Waals surface area contributed by atoms with E-state index in [2.05, 4.69) is 9.97 Å². The van der Waals surface area contributed by atoms with Crippen molar-refractivity contribution in [1.29, 1.82) is 0 Å². The Bertz CT molecular complexity index is 1790. The molecule has 1 atom stereocenters. The van der Waals surface area contributed by atoms with Gasteiger partial charge in [-0.1, -0.05) is 25.4 Å². The molecule has 3 aromatic heterocycles. The Labute approximate surface area is 247 Å². The third-order valence-electron chi connectivity index (χ3n) is 8.17. The molecule has 42 heavy (non-hydrogen) atoms. The minimum Gasteiger partial charge on any atom is -0.465 e. The van der Waals surface area contributed by atoms with E-state index in [4.69, 9.17) is 16.6 Å². The third kappa shape index (κ3) is 4.87. The highest BCUT2D eigenvalue weighted by molar-refractivity contribution is 6.30. The molecule has 9 nitrogen and oxygen atoms in total. The summed E-state index contributed by atoms with van der Waals surface area (Å²) in [6.45, 7) is 8.77. The Hall–Kier alpha value is -4.05. The van der Waals surface area contributed by atoms with Gasteiger partial charge in [-0.05, 0) is 80.0 Å². The summed E-state index contributed by atoms with van der Waals surface area (Å²) in [6, 6.07) is 8.01. The number of hydrogen-bond acceptors (Lipinski definition) is 6. The molecule has 0 spiro atoms. The van der Waals surface area contributed by atoms with Crippen molar-refractivity contribution in [2.24, 2.45) is 0 Å². The van der Waals surface area contributed by atoms with E-state index in [0.717, 1.165) is 29.7 Å². The molecule has 4 aromatic rings. The van der Waals surface area contributed by atoms with Crippen molar-refractivity contribution in [2.45, 2.75) is 58.4 Å². The summed E-state index contributed by atoms with van der Waals surface area (Å²) in [4.78, 5) is 43.4. The maximum Gasteiger partial charge on any atom is 0.407 e. The van der Waals surface area contributed by atoms with Crippen LogP contribution in [0.4, 0.5) is 15.0 Å². The van der Waals surface area contributed by atoms with Crippen LogP contribution in [0.1, 0.15) is 62.3 Å². The van der Waals surface area contributed by atoms with Gasteiger partial charge in [0, 0.05) is 42.5 Å². The molecule has 2 fully saturated rings. The largest absolute Gasteiger partial charge is 0.465 e. The van der Waals surface area contributed by atoms with Gasteiger partial charge in [0.2, 0.25) is 0 Å². The van der Waals surface area contributed by atoms with E-state index in [9.17, 15) is 14.7 Å². The second kappa shape index (κ2) is 10.7. The Morgan fingerprint density at radius 1 is 1.14 bits per heavy atom. The molecule has 1 saturated heterocycles. The molecule has 1 aliphatic carbocycles. The molecule has 1 N–H and O–H groups in total. The summed E-state index contributed by atoms with van der Waals surface area (Å²) in [5.74, 6) is 0.191. The topological polar surface area (TPSA) is 104 Å². The quantitative estimate of drug-likeness (QED) is 0.298. The first-order chi connectivity index (χ1) is 20.0. The third-order valence-corrected chi connectivity index (χ3v) is 8.41. The van der Waals surface area contributed by atoms with Crippen LogP contribution >= 0.6 is 11.6 Å². The predicted octanol–water partition coefficient (Wildman–Crippen LogP) is 6.13. The number of anilines is 1.